The lowest BCUT2D eigenvalue weighted by atomic mass is 10.2. The van der Waals surface area contributed by atoms with E-state index in [2.05, 4.69) is 5.32 Å². The van der Waals surface area contributed by atoms with Crippen molar-refractivity contribution >= 4 is 35.4 Å². The van der Waals surface area contributed by atoms with Crippen molar-refractivity contribution in [3.05, 3.63) is 9.93 Å². The van der Waals surface area contributed by atoms with E-state index in [0.29, 0.717) is 11.7 Å². The van der Waals surface area contributed by atoms with Gasteiger partial charge in [0, 0.05) is 5.25 Å². The topological polar surface area (TPSA) is 69.6 Å². The van der Waals surface area contributed by atoms with Crippen molar-refractivity contribution in [3.63, 3.8) is 0 Å². The summed E-state index contributed by atoms with van der Waals surface area (Å²) in [6.45, 7) is 1.98. The van der Waals surface area contributed by atoms with Crippen LogP contribution in [0.2, 0.25) is 0 Å². The zero-order valence-electron chi connectivity index (χ0n) is 9.72. The van der Waals surface area contributed by atoms with Gasteiger partial charge in [0.25, 0.3) is 0 Å². The maximum atomic E-state index is 11.5. The summed E-state index contributed by atoms with van der Waals surface area (Å²) in [6, 6.07) is 0. The lowest BCUT2D eigenvalue weighted by Gasteiger charge is -2.33. The van der Waals surface area contributed by atoms with Gasteiger partial charge in [-0.25, -0.2) is 4.79 Å². The average molecular weight is 286 g/mol. The molecule has 0 aliphatic carbocycles. The van der Waals surface area contributed by atoms with Gasteiger partial charge in [0.15, 0.2) is 5.70 Å². The summed E-state index contributed by atoms with van der Waals surface area (Å²) in [5.74, 6) is -1.04. The fraction of sp³-hybridized carbons (Fsp3) is 0.636. The number of amides is 1. The SMILES string of the molecule is O=C(O)C1=C(SC2CCNCC2)S[C@@H]2CC(=O)N12. The Morgan fingerprint density at radius 2 is 2.17 bits per heavy atom. The number of aliphatic carboxylic acids is 1. The molecule has 2 saturated heterocycles. The molecule has 3 rings (SSSR count). The Bertz CT molecular complexity index is 432. The first-order valence-corrected chi connectivity index (χ1v) is 7.76. The molecule has 3 aliphatic heterocycles. The summed E-state index contributed by atoms with van der Waals surface area (Å²) in [5.41, 5.74) is 0.213. The number of piperidine rings is 1. The second-order valence-corrected chi connectivity index (χ2v) is 7.31. The van der Waals surface area contributed by atoms with Crippen LogP contribution in [-0.4, -0.2) is 45.6 Å². The molecule has 18 heavy (non-hydrogen) atoms. The number of hydrogen-bond acceptors (Lipinski definition) is 5. The zero-order chi connectivity index (χ0) is 12.7. The van der Waals surface area contributed by atoms with Crippen LogP contribution in [0.1, 0.15) is 19.3 Å². The fourth-order valence-corrected chi connectivity index (χ4v) is 5.50. The van der Waals surface area contributed by atoms with Gasteiger partial charge >= 0.3 is 5.97 Å². The van der Waals surface area contributed by atoms with Crippen LogP contribution in [-0.2, 0) is 9.59 Å². The molecule has 7 heteroatoms. The highest BCUT2D eigenvalue weighted by Gasteiger charge is 2.48. The van der Waals surface area contributed by atoms with Crippen molar-refractivity contribution in [2.75, 3.05) is 13.1 Å². The summed E-state index contributed by atoms with van der Waals surface area (Å²) < 4.78 is 0.824. The van der Waals surface area contributed by atoms with Gasteiger partial charge in [0.1, 0.15) is 0 Å². The number of thioether (sulfide) groups is 2. The Morgan fingerprint density at radius 1 is 1.44 bits per heavy atom. The molecule has 0 radical (unpaired) electrons. The first-order valence-electron chi connectivity index (χ1n) is 6.00. The van der Waals surface area contributed by atoms with Crippen LogP contribution in [0.15, 0.2) is 9.93 Å². The Kier molecular flexibility index (Phi) is 3.29. The highest BCUT2D eigenvalue weighted by Crippen LogP contribution is 2.52. The van der Waals surface area contributed by atoms with Gasteiger partial charge in [0.05, 0.1) is 16.0 Å². The van der Waals surface area contributed by atoms with E-state index in [1.165, 1.54) is 4.90 Å². The van der Waals surface area contributed by atoms with E-state index in [9.17, 15) is 14.7 Å². The standard InChI is InChI=1S/C11H14N2O3S2/c14-7-5-8-13(7)9(10(15)16)11(18-8)17-6-1-3-12-4-2-6/h6,8,12H,1-5H2,(H,15,16)/t8-/m1/s1. The summed E-state index contributed by atoms with van der Waals surface area (Å²) in [6.07, 6.45) is 2.58. The second-order valence-electron chi connectivity index (χ2n) is 4.55. The molecular formula is C11H14N2O3S2. The third kappa shape index (κ3) is 2.04. The van der Waals surface area contributed by atoms with Gasteiger partial charge in [-0.3, -0.25) is 9.69 Å². The molecule has 5 nitrogen and oxygen atoms in total. The van der Waals surface area contributed by atoms with Crippen molar-refractivity contribution in [1.82, 2.24) is 10.2 Å². The summed E-state index contributed by atoms with van der Waals surface area (Å²) >= 11 is 3.18. The van der Waals surface area contributed by atoms with E-state index >= 15 is 0 Å². The molecule has 0 saturated carbocycles. The van der Waals surface area contributed by atoms with Crippen LogP contribution in [0, 0.1) is 0 Å². The molecule has 1 amide bonds. The number of carboxylic acids is 1. The van der Waals surface area contributed by atoms with Crippen molar-refractivity contribution < 1.29 is 14.7 Å². The van der Waals surface area contributed by atoms with Crippen LogP contribution in [0.5, 0.6) is 0 Å². The number of β-lactam (4-membered cyclic amide) rings is 1. The molecule has 1 atom stereocenters. The predicted octanol–water partition coefficient (Wildman–Crippen LogP) is 1.03. The Labute approximate surface area is 113 Å². The van der Waals surface area contributed by atoms with Crippen molar-refractivity contribution in [2.24, 2.45) is 0 Å². The quantitative estimate of drug-likeness (QED) is 0.755. The van der Waals surface area contributed by atoms with E-state index in [1.807, 2.05) is 0 Å². The monoisotopic (exact) mass is 286 g/mol. The smallest absolute Gasteiger partial charge is 0.354 e. The molecule has 2 N–H and O–H groups in total. The zero-order valence-corrected chi connectivity index (χ0v) is 11.4. The number of fused-ring (bicyclic) bond motifs is 1. The Morgan fingerprint density at radius 3 is 2.78 bits per heavy atom. The van der Waals surface area contributed by atoms with E-state index in [-0.39, 0.29) is 17.0 Å². The second kappa shape index (κ2) is 4.79. The normalized spacial score (nSPS) is 28.3. The molecule has 3 aliphatic rings. The molecule has 0 bridgehead atoms. The molecule has 0 spiro atoms. The number of carboxylic acid groups (broad SMARTS) is 1. The molecular weight excluding hydrogens is 272 g/mol. The van der Waals surface area contributed by atoms with E-state index in [4.69, 9.17) is 0 Å². The van der Waals surface area contributed by atoms with Gasteiger partial charge in [-0.1, -0.05) is 11.8 Å². The predicted molar refractivity (Wildman–Crippen MR) is 71.0 cm³/mol. The van der Waals surface area contributed by atoms with Crippen LogP contribution in [0.4, 0.5) is 0 Å². The number of nitrogens with one attached hydrogen (secondary N) is 1. The fourth-order valence-electron chi connectivity index (χ4n) is 2.37. The van der Waals surface area contributed by atoms with Gasteiger partial charge in [0.2, 0.25) is 5.91 Å². The van der Waals surface area contributed by atoms with Gasteiger partial charge in [-0.15, -0.1) is 11.8 Å². The summed E-state index contributed by atoms with van der Waals surface area (Å²) in [4.78, 5) is 24.2. The first-order chi connectivity index (χ1) is 8.66. The van der Waals surface area contributed by atoms with Gasteiger partial charge in [-0.2, -0.15) is 0 Å². The maximum absolute atomic E-state index is 11.5. The molecule has 2 fully saturated rings. The summed E-state index contributed by atoms with van der Waals surface area (Å²) in [5, 5.41) is 13.1. The number of carbonyl (C=O) groups is 2. The van der Waals surface area contributed by atoms with E-state index in [0.717, 1.165) is 30.2 Å². The van der Waals surface area contributed by atoms with Crippen molar-refractivity contribution in [3.8, 4) is 0 Å². The van der Waals surface area contributed by atoms with E-state index in [1.54, 1.807) is 23.5 Å². The van der Waals surface area contributed by atoms with Crippen molar-refractivity contribution in [2.45, 2.75) is 29.9 Å². The maximum Gasteiger partial charge on any atom is 0.354 e. The molecule has 98 valence electrons. The minimum Gasteiger partial charge on any atom is -0.477 e. The third-order valence-electron chi connectivity index (χ3n) is 3.35. The minimum absolute atomic E-state index is 0.0350. The summed E-state index contributed by atoms with van der Waals surface area (Å²) in [7, 11) is 0. The molecule has 0 unspecified atom stereocenters. The molecule has 3 heterocycles. The van der Waals surface area contributed by atoms with Crippen LogP contribution < -0.4 is 5.32 Å². The molecule has 0 aromatic carbocycles. The highest BCUT2D eigenvalue weighted by atomic mass is 32.2. The first kappa shape index (κ1) is 12.4. The largest absolute Gasteiger partial charge is 0.477 e. The minimum atomic E-state index is -0.977. The Balaban J connectivity index is 1.77. The average Bonchev–Trinajstić information content (AvgIpc) is 2.63. The molecule has 0 aromatic heterocycles. The number of nitrogens with zero attached hydrogens (tertiary/aromatic N) is 1. The van der Waals surface area contributed by atoms with Crippen LogP contribution >= 0.6 is 23.5 Å². The van der Waals surface area contributed by atoms with Gasteiger partial charge < -0.3 is 10.4 Å². The van der Waals surface area contributed by atoms with E-state index < -0.39 is 5.97 Å². The number of rotatable bonds is 3. The van der Waals surface area contributed by atoms with Crippen LogP contribution in [0.3, 0.4) is 0 Å². The lowest BCUT2D eigenvalue weighted by molar-refractivity contribution is -0.145. The van der Waals surface area contributed by atoms with Crippen molar-refractivity contribution in [1.29, 1.82) is 0 Å². The lowest BCUT2D eigenvalue weighted by Crippen LogP contribution is -2.48. The highest BCUT2D eigenvalue weighted by molar-refractivity contribution is 8.23. The van der Waals surface area contributed by atoms with Gasteiger partial charge in [-0.05, 0) is 25.9 Å². The Hall–Kier alpha value is -0.660. The molecule has 0 aromatic rings. The number of hydrogen-bond donors (Lipinski definition) is 2. The number of carbonyl (C=O) groups excluding carboxylic acids is 1. The third-order valence-corrected chi connectivity index (χ3v) is 6.19. The van der Waals surface area contributed by atoms with Crippen LogP contribution in [0.25, 0.3) is 0 Å².